The van der Waals surface area contributed by atoms with Crippen molar-refractivity contribution in [3.63, 3.8) is 0 Å². The Morgan fingerprint density at radius 2 is 2.05 bits per heavy atom. The maximum Gasteiger partial charge on any atom is 0.321 e. The van der Waals surface area contributed by atoms with Crippen molar-refractivity contribution in [2.24, 2.45) is 0 Å². The SMILES string of the molecule is CCCCN(CCCO)C(=O)Nc1cc(F)ccc1C. The van der Waals surface area contributed by atoms with Crippen LogP contribution in [0.25, 0.3) is 0 Å². The number of halogens is 1. The zero-order valence-corrected chi connectivity index (χ0v) is 12.2. The number of carbonyl (C=O) groups is 1. The van der Waals surface area contributed by atoms with Gasteiger partial charge in [-0.05, 0) is 37.5 Å². The van der Waals surface area contributed by atoms with E-state index in [1.165, 1.54) is 12.1 Å². The minimum atomic E-state index is -0.374. The van der Waals surface area contributed by atoms with Crippen molar-refractivity contribution >= 4 is 11.7 Å². The highest BCUT2D eigenvalue weighted by molar-refractivity contribution is 5.90. The van der Waals surface area contributed by atoms with E-state index in [0.29, 0.717) is 25.2 Å². The Balaban J connectivity index is 2.70. The minimum Gasteiger partial charge on any atom is -0.396 e. The van der Waals surface area contributed by atoms with Crippen molar-refractivity contribution in [3.05, 3.63) is 29.6 Å². The van der Waals surface area contributed by atoms with Gasteiger partial charge < -0.3 is 15.3 Å². The van der Waals surface area contributed by atoms with Gasteiger partial charge in [0.25, 0.3) is 0 Å². The molecule has 0 saturated carbocycles. The number of urea groups is 1. The van der Waals surface area contributed by atoms with Crippen LogP contribution in [0.5, 0.6) is 0 Å². The van der Waals surface area contributed by atoms with Crippen molar-refractivity contribution in [1.82, 2.24) is 4.90 Å². The molecule has 0 fully saturated rings. The summed E-state index contributed by atoms with van der Waals surface area (Å²) < 4.78 is 13.2. The van der Waals surface area contributed by atoms with Gasteiger partial charge in [0.1, 0.15) is 5.82 Å². The molecule has 5 heteroatoms. The van der Waals surface area contributed by atoms with Crippen molar-refractivity contribution in [2.45, 2.75) is 33.1 Å². The number of hydrogen-bond acceptors (Lipinski definition) is 2. The molecular weight excluding hydrogens is 259 g/mol. The first-order valence-electron chi connectivity index (χ1n) is 7.01. The summed E-state index contributed by atoms with van der Waals surface area (Å²) in [5.41, 5.74) is 1.30. The molecule has 0 aliphatic carbocycles. The van der Waals surface area contributed by atoms with Crippen LogP contribution in [0.3, 0.4) is 0 Å². The number of nitrogens with one attached hydrogen (secondary N) is 1. The molecule has 0 atom stereocenters. The lowest BCUT2D eigenvalue weighted by molar-refractivity contribution is 0.201. The molecule has 4 nitrogen and oxygen atoms in total. The van der Waals surface area contributed by atoms with E-state index in [1.807, 2.05) is 6.92 Å². The normalized spacial score (nSPS) is 10.4. The van der Waals surface area contributed by atoms with Crippen LogP contribution in [-0.4, -0.2) is 35.7 Å². The molecular formula is C15H23FN2O2. The van der Waals surface area contributed by atoms with Crippen molar-refractivity contribution in [1.29, 1.82) is 0 Å². The molecule has 112 valence electrons. The smallest absolute Gasteiger partial charge is 0.321 e. The summed E-state index contributed by atoms with van der Waals surface area (Å²) >= 11 is 0. The summed E-state index contributed by atoms with van der Waals surface area (Å²) in [7, 11) is 0. The van der Waals surface area contributed by atoms with Gasteiger partial charge in [0.15, 0.2) is 0 Å². The average Bonchev–Trinajstić information content (AvgIpc) is 2.43. The fourth-order valence-electron chi connectivity index (χ4n) is 1.85. The highest BCUT2D eigenvalue weighted by atomic mass is 19.1. The van der Waals surface area contributed by atoms with E-state index in [-0.39, 0.29) is 18.5 Å². The van der Waals surface area contributed by atoms with Gasteiger partial charge in [0, 0.05) is 25.4 Å². The number of anilines is 1. The van der Waals surface area contributed by atoms with Gasteiger partial charge in [-0.15, -0.1) is 0 Å². The summed E-state index contributed by atoms with van der Waals surface area (Å²) in [4.78, 5) is 13.9. The number of aliphatic hydroxyl groups is 1. The number of benzene rings is 1. The number of unbranched alkanes of at least 4 members (excludes halogenated alkanes) is 1. The standard InChI is InChI=1S/C15H23FN2O2/c1-3-4-8-18(9-5-10-19)15(20)17-14-11-13(16)7-6-12(14)2/h6-7,11,19H,3-5,8-10H2,1-2H3,(H,17,20). The molecule has 0 aromatic heterocycles. The van der Waals surface area contributed by atoms with Crippen molar-refractivity contribution in [2.75, 3.05) is 25.0 Å². The molecule has 2 N–H and O–H groups in total. The van der Waals surface area contributed by atoms with Gasteiger partial charge in [0.2, 0.25) is 0 Å². The fraction of sp³-hybridized carbons (Fsp3) is 0.533. The second kappa shape index (κ2) is 8.53. The number of aryl methyl sites for hydroxylation is 1. The first-order chi connectivity index (χ1) is 9.58. The molecule has 0 aliphatic rings. The quantitative estimate of drug-likeness (QED) is 0.807. The van der Waals surface area contributed by atoms with Crippen molar-refractivity contribution < 1.29 is 14.3 Å². The van der Waals surface area contributed by atoms with Crippen molar-refractivity contribution in [3.8, 4) is 0 Å². The number of rotatable bonds is 7. The Bertz CT molecular complexity index is 430. The second-order valence-corrected chi connectivity index (χ2v) is 4.81. The van der Waals surface area contributed by atoms with E-state index in [2.05, 4.69) is 12.2 Å². The number of nitrogens with zero attached hydrogens (tertiary/aromatic N) is 1. The third kappa shape index (κ3) is 5.17. The maximum absolute atomic E-state index is 13.2. The summed E-state index contributed by atoms with van der Waals surface area (Å²) in [5.74, 6) is -0.374. The monoisotopic (exact) mass is 282 g/mol. The molecule has 20 heavy (non-hydrogen) atoms. The van der Waals surface area contributed by atoms with Crippen LogP contribution in [0, 0.1) is 12.7 Å². The Hall–Kier alpha value is -1.62. The molecule has 2 amide bonds. The summed E-state index contributed by atoms with van der Waals surface area (Å²) in [5, 5.41) is 11.6. The van der Waals surface area contributed by atoms with Crippen LogP contribution in [0.2, 0.25) is 0 Å². The zero-order valence-electron chi connectivity index (χ0n) is 12.2. The first-order valence-corrected chi connectivity index (χ1v) is 7.01. The summed E-state index contributed by atoms with van der Waals surface area (Å²) in [6.45, 7) is 5.06. The van der Waals surface area contributed by atoms with E-state index in [0.717, 1.165) is 18.4 Å². The van der Waals surface area contributed by atoms with Gasteiger partial charge >= 0.3 is 6.03 Å². The molecule has 0 aliphatic heterocycles. The second-order valence-electron chi connectivity index (χ2n) is 4.81. The van der Waals surface area contributed by atoms with E-state index >= 15 is 0 Å². The maximum atomic E-state index is 13.2. The molecule has 1 rings (SSSR count). The van der Waals surface area contributed by atoms with Gasteiger partial charge in [-0.2, -0.15) is 0 Å². The Morgan fingerprint density at radius 3 is 2.70 bits per heavy atom. The Kier molecular flexibility index (Phi) is 7.01. The first kappa shape index (κ1) is 16.4. The molecule has 0 unspecified atom stereocenters. The van der Waals surface area contributed by atoms with Gasteiger partial charge in [-0.25, -0.2) is 9.18 Å². The molecule has 0 radical (unpaired) electrons. The summed E-state index contributed by atoms with van der Waals surface area (Å²) in [6.07, 6.45) is 2.43. The van der Waals surface area contributed by atoms with E-state index < -0.39 is 0 Å². The molecule has 0 spiro atoms. The lowest BCUT2D eigenvalue weighted by atomic mass is 10.2. The molecule has 0 heterocycles. The predicted molar refractivity (Wildman–Crippen MR) is 78.3 cm³/mol. The van der Waals surface area contributed by atoms with E-state index in [1.54, 1.807) is 11.0 Å². The predicted octanol–water partition coefficient (Wildman–Crippen LogP) is 3.15. The van der Waals surface area contributed by atoms with E-state index in [9.17, 15) is 9.18 Å². The van der Waals surface area contributed by atoms with Crippen LogP contribution in [-0.2, 0) is 0 Å². The van der Waals surface area contributed by atoms with Crippen LogP contribution in [0.1, 0.15) is 31.7 Å². The average molecular weight is 282 g/mol. The minimum absolute atomic E-state index is 0.0505. The third-order valence-electron chi connectivity index (χ3n) is 3.10. The fourth-order valence-corrected chi connectivity index (χ4v) is 1.85. The van der Waals surface area contributed by atoms with Gasteiger partial charge in [-0.1, -0.05) is 19.4 Å². The number of carbonyl (C=O) groups excluding carboxylic acids is 1. The topological polar surface area (TPSA) is 52.6 Å². The molecule has 1 aromatic carbocycles. The van der Waals surface area contributed by atoms with Crippen LogP contribution < -0.4 is 5.32 Å². The lowest BCUT2D eigenvalue weighted by Crippen LogP contribution is -2.37. The zero-order chi connectivity index (χ0) is 15.0. The van der Waals surface area contributed by atoms with Crippen LogP contribution in [0.15, 0.2) is 18.2 Å². The van der Waals surface area contributed by atoms with E-state index in [4.69, 9.17) is 5.11 Å². The molecule has 0 bridgehead atoms. The molecule has 0 saturated heterocycles. The van der Waals surface area contributed by atoms with Crippen LogP contribution >= 0.6 is 0 Å². The molecule has 1 aromatic rings. The summed E-state index contributed by atoms with van der Waals surface area (Å²) in [6, 6.07) is 4.07. The van der Waals surface area contributed by atoms with Gasteiger partial charge in [0.05, 0.1) is 0 Å². The number of hydrogen-bond donors (Lipinski definition) is 2. The lowest BCUT2D eigenvalue weighted by Gasteiger charge is -2.23. The Labute approximate surface area is 119 Å². The highest BCUT2D eigenvalue weighted by Gasteiger charge is 2.13. The number of amides is 2. The van der Waals surface area contributed by atoms with Crippen LogP contribution in [0.4, 0.5) is 14.9 Å². The Morgan fingerprint density at radius 1 is 1.35 bits per heavy atom. The highest BCUT2D eigenvalue weighted by Crippen LogP contribution is 2.16. The largest absolute Gasteiger partial charge is 0.396 e. The third-order valence-corrected chi connectivity index (χ3v) is 3.10. The van der Waals surface area contributed by atoms with Gasteiger partial charge in [-0.3, -0.25) is 0 Å². The number of aliphatic hydroxyl groups excluding tert-OH is 1.